The number of benzene rings is 1. The van der Waals surface area contributed by atoms with Crippen molar-refractivity contribution < 1.29 is 0 Å². The fraction of sp³-hybridized carbons (Fsp3) is 0.154. The number of anilines is 2. The third kappa shape index (κ3) is 2.63. The molecule has 0 fully saturated rings. The third-order valence-electron chi connectivity index (χ3n) is 2.78. The maximum Gasteiger partial charge on any atom is 0.137 e. The SMILES string of the molecule is Nc1ccc2c(NCCc3nccs3)ncnc2c1. The van der Waals surface area contributed by atoms with Crippen LogP contribution in [0.25, 0.3) is 10.9 Å². The Morgan fingerprint density at radius 3 is 3.00 bits per heavy atom. The molecule has 1 aromatic carbocycles. The van der Waals surface area contributed by atoms with Gasteiger partial charge in [0.05, 0.1) is 10.5 Å². The van der Waals surface area contributed by atoms with Gasteiger partial charge in [-0.05, 0) is 18.2 Å². The van der Waals surface area contributed by atoms with Crippen LogP contribution in [0.4, 0.5) is 11.5 Å². The van der Waals surface area contributed by atoms with E-state index >= 15 is 0 Å². The summed E-state index contributed by atoms with van der Waals surface area (Å²) in [7, 11) is 0. The van der Waals surface area contributed by atoms with Gasteiger partial charge >= 0.3 is 0 Å². The van der Waals surface area contributed by atoms with Gasteiger partial charge in [-0.3, -0.25) is 0 Å². The van der Waals surface area contributed by atoms with Crippen LogP contribution < -0.4 is 11.1 Å². The van der Waals surface area contributed by atoms with E-state index in [1.807, 2.05) is 29.8 Å². The van der Waals surface area contributed by atoms with E-state index in [0.717, 1.165) is 34.7 Å². The number of nitrogens with one attached hydrogen (secondary N) is 1. The molecule has 5 nitrogen and oxygen atoms in total. The highest BCUT2D eigenvalue weighted by molar-refractivity contribution is 7.09. The average Bonchev–Trinajstić information content (AvgIpc) is 2.92. The van der Waals surface area contributed by atoms with Gasteiger partial charge in [-0.1, -0.05) is 0 Å². The quantitative estimate of drug-likeness (QED) is 0.712. The van der Waals surface area contributed by atoms with Crippen LogP contribution in [0, 0.1) is 0 Å². The van der Waals surface area contributed by atoms with Crippen molar-refractivity contribution in [2.45, 2.75) is 6.42 Å². The first-order chi connectivity index (χ1) is 9.33. The third-order valence-corrected chi connectivity index (χ3v) is 3.61. The fourth-order valence-electron chi connectivity index (χ4n) is 1.88. The van der Waals surface area contributed by atoms with Crippen molar-refractivity contribution in [3.8, 4) is 0 Å². The first-order valence-corrected chi connectivity index (χ1v) is 6.83. The average molecular weight is 271 g/mol. The molecule has 0 amide bonds. The highest BCUT2D eigenvalue weighted by atomic mass is 32.1. The van der Waals surface area contributed by atoms with Crippen LogP contribution in [0.5, 0.6) is 0 Å². The molecular weight excluding hydrogens is 258 g/mol. The molecule has 0 saturated heterocycles. The van der Waals surface area contributed by atoms with Gasteiger partial charge < -0.3 is 11.1 Å². The van der Waals surface area contributed by atoms with E-state index in [2.05, 4.69) is 20.3 Å². The molecule has 0 radical (unpaired) electrons. The molecular formula is C13H13N5S. The minimum absolute atomic E-state index is 0.708. The summed E-state index contributed by atoms with van der Waals surface area (Å²) in [5.74, 6) is 0.835. The molecule has 3 N–H and O–H groups in total. The Labute approximate surface area is 114 Å². The number of nitrogens with zero attached hydrogens (tertiary/aromatic N) is 3. The van der Waals surface area contributed by atoms with Crippen molar-refractivity contribution in [1.29, 1.82) is 0 Å². The van der Waals surface area contributed by atoms with Gasteiger partial charge in [0.2, 0.25) is 0 Å². The van der Waals surface area contributed by atoms with Crippen LogP contribution in [0.2, 0.25) is 0 Å². The Kier molecular flexibility index (Phi) is 3.24. The van der Waals surface area contributed by atoms with E-state index in [0.29, 0.717) is 5.69 Å². The van der Waals surface area contributed by atoms with Crippen molar-refractivity contribution in [2.75, 3.05) is 17.6 Å². The van der Waals surface area contributed by atoms with Crippen LogP contribution in [-0.2, 0) is 6.42 Å². The molecule has 0 aliphatic heterocycles. The Morgan fingerprint density at radius 1 is 1.21 bits per heavy atom. The summed E-state index contributed by atoms with van der Waals surface area (Å²) < 4.78 is 0. The molecule has 0 aliphatic rings. The predicted octanol–water partition coefficient (Wildman–Crippen LogP) is 2.32. The standard InChI is InChI=1S/C13H13N5S/c14-9-1-2-10-11(7-9)17-8-18-13(10)16-4-3-12-15-5-6-19-12/h1-2,5-8H,3-4,14H2,(H,16,17,18). The zero-order valence-corrected chi connectivity index (χ0v) is 11.0. The Morgan fingerprint density at radius 2 is 2.16 bits per heavy atom. The van der Waals surface area contributed by atoms with Crippen molar-refractivity contribution >= 4 is 33.7 Å². The number of fused-ring (bicyclic) bond motifs is 1. The van der Waals surface area contributed by atoms with E-state index in [4.69, 9.17) is 5.73 Å². The number of nitrogen functional groups attached to an aromatic ring is 1. The minimum Gasteiger partial charge on any atom is -0.399 e. The fourth-order valence-corrected chi connectivity index (χ4v) is 2.50. The first-order valence-electron chi connectivity index (χ1n) is 5.95. The lowest BCUT2D eigenvalue weighted by atomic mass is 10.2. The van der Waals surface area contributed by atoms with Crippen molar-refractivity contribution in [1.82, 2.24) is 15.0 Å². The predicted molar refractivity (Wildman–Crippen MR) is 78.3 cm³/mol. The van der Waals surface area contributed by atoms with Gasteiger partial charge in [0, 0.05) is 35.6 Å². The monoisotopic (exact) mass is 271 g/mol. The zero-order chi connectivity index (χ0) is 13.1. The second-order valence-electron chi connectivity index (χ2n) is 4.10. The normalized spacial score (nSPS) is 10.7. The van der Waals surface area contributed by atoms with Crippen LogP contribution >= 0.6 is 11.3 Å². The summed E-state index contributed by atoms with van der Waals surface area (Å²) in [5.41, 5.74) is 7.31. The highest BCUT2D eigenvalue weighted by Crippen LogP contribution is 2.21. The second kappa shape index (κ2) is 5.19. The van der Waals surface area contributed by atoms with Gasteiger partial charge in [-0.2, -0.15) is 0 Å². The van der Waals surface area contributed by atoms with Crippen LogP contribution in [0.1, 0.15) is 5.01 Å². The van der Waals surface area contributed by atoms with Crippen molar-refractivity contribution in [3.63, 3.8) is 0 Å². The lowest BCUT2D eigenvalue weighted by Crippen LogP contribution is -2.07. The molecule has 0 aliphatic carbocycles. The maximum atomic E-state index is 5.75. The Hall–Kier alpha value is -2.21. The second-order valence-corrected chi connectivity index (χ2v) is 5.08. The number of hydrogen-bond acceptors (Lipinski definition) is 6. The van der Waals surface area contributed by atoms with Gasteiger partial charge in [0.1, 0.15) is 12.1 Å². The zero-order valence-electron chi connectivity index (χ0n) is 10.2. The van der Waals surface area contributed by atoms with Gasteiger partial charge in [-0.25, -0.2) is 15.0 Å². The van der Waals surface area contributed by atoms with E-state index in [-0.39, 0.29) is 0 Å². The number of hydrogen-bond donors (Lipinski definition) is 2. The summed E-state index contributed by atoms with van der Waals surface area (Å²) >= 11 is 1.66. The lowest BCUT2D eigenvalue weighted by Gasteiger charge is -2.07. The number of nitrogens with two attached hydrogens (primary N) is 1. The molecule has 0 spiro atoms. The summed E-state index contributed by atoms with van der Waals surface area (Å²) in [6, 6.07) is 5.65. The molecule has 0 atom stereocenters. The smallest absolute Gasteiger partial charge is 0.137 e. The number of rotatable bonds is 4. The topological polar surface area (TPSA) is 76.7 Å². The summed E-state index contributed by atoms with van der Waals surface area (Å²) in [6.45, 7) is 0.796. The number of thiazole rings is 1. The van der Waals surface area contributed by atoms with Gasteiger partial charge in [0.25, 0.3) is 0 Å². The summed E-state index contributed by atoms with van der Waals surface area (Å²) in [6.07, 6.45) is 4.26. The summed E-state index contributed by atoms with van der Waals surface area (Å²) in [5, 5.41) is 7.41. The van der Waals surface area contributed by atoms with E-state index < -0.39 is 0 Å². The highest BCUT2D eigenvalue weighted by Gasteiger charge is 2.03. The molecule has 96 valence electrons. The molecule has 3 rings (SSSR count). The Balaban J connectivity index is 1.77. The van der Waals surface area contributed by atoms with Crippen molar-refractivity contribution in [3.05, 3.63) is 41.1 Å². The van der Waals surface area contributed by atoms with E-state index in [1.54, 1.807) is 17.7 Å². The van der Waals surface area contributed by atoms with Crippen LogP contribution in [0.3, 0.4) is 0 Å². The van der Waals surface area contributed by atoms with Crippen LogP contribution in [-0.4, -0.2) is 21.5 Å². The molecule has 0 unspecified atom stereocenters. The molecule has 0 saturated carbocycles. The molecule has 6 heteroatoms. The summed E-state index contributed by atoms with van der Waals surface area (Å²) in [4.78, 5) is 12.7. The van der Waals surface area contributed by atoms with E-state index in [1.165, 1.54) is 0 Å². The molecule has 2 heterocycles. The van der Waals surface area contributed by atoms with Crippen molar-refractivity contribution in [2.24, 2.45) is 0 Å². The maximum absolute atomic E-state index is 5.75. The first kappa shape index (κ1) is 11.9. The lowest BCUT2D eigenvalue weighted by molar-refractivity contribution is 0.987. The van der Waals surface area contributed by atoms with Gasteiger partial charge in [0.15, 0.2) is 0 Å². The molecule has 3 aromatic rings. The molecule has 2 aromatic heterocycles. The van der Waals surface area contributed by atoms with Gasteiger partial charge in [-0.15, -0.1) is 11.3 Å². The minimum atomic E-state index is 0.708. The largest absolute Gasteiger partial charge is 0.399 e. The molecule has 19 heavy (non-hydrogen) atoms. The van der Waals surface area contributed by atoms with Crippen LogP contribution in [0.15, 0.2) is 36.1 Å². The number of aromatic nitrogens is 3. The molecule has 0 bridgehead atoms. The Bertz CT molecular complexity index is 681. The van der Waals surface area contributed by atoms with E-state index in [9.17, 15) is 0 Å².